The second-order valence-electron chi connectivity index (χ2n) is 4.98. The summed E-state index contributed by atoms with van der Waals surface area (Å²) in [5, 5.41) is 11.5. The molecule has 1 rings (SSSR count). The number of carboxylic acids is 1. The number of aryl methyl sites for hydroxylation is 1. The van der Waals surface area contributed by atoms with Gasteiger partial charge in [-0.1, -0.05) is 6.92 Å². The molecule has 0 aliphatic rings. The summed E-state index contributed by atoms with van der Waals surface area (Å²) in [5.74, 6) is 0.369. The molecule has 20 heavy (non-hydrogen) atoms. The number of urea groups is 1. The molecule has 1 atom stereocenters. The summed E-state index contributed by atoms with van der Waals surface area (Å²) < 4.78 is 5.40. The monoisotopic (exact) mass is 282 g/mol. The van der Waals surface area contributed by atoms with Crippen molar-refractivity contribution in [2.75, 3.05) is 13.6 Å². The Balaban J connectivity index is 2.23. The number of hydrogen-bond acceptors (Lipinski definition) is 3. The van der Waals surface area contributed by atoms with Gasteiger partial charge in [0.05, 0.1) is 12.5 Å². The second-order valence-corrected chi connectivity index (χ2v) is 4.98. The molecule has 0 aliphatic heterocycles. The Morgan fingerprint density at radius 3 is 2.70 bits per heavy atom. The maximum atomic E-state index is 11.8. The summed E-state index contributed by atoms with van der Waals surface area (Å²) in [4.78, 5) is 24.0. The van der Waals surface area contributed by atoms with Gasteiger partial charge in [-0.2, -0.15) is 0 Å². The van der Waals surface area contributed by atoms with E-state index in [1.54, 1.807) is 14.0 Å². The molecule has 0 bridgehead atoms. The lowest BCUT2D eigenvalue weighted by molar-refractivity contribution is -0.141. The third-order valence-electron chi connectivity index (χ3n) is 3.05. The lowest BCUT2D eigenvalue weighted by atomic mass is 10.1. The minimum atomic E-state index is -0.804. The molecule has 1 heterocycles. The van der Waals surface area contributed by atoms with Crippen molar-refractivity contribution in [3.05, 3.63) is 23.7 Å². The van der Waals surface area contributed by atoms with Crippen LogP contribution in [-0.2, 0) is 11.3 Å². The summed E-state index contributed by atoms with van der Waals surface area (Å²) in [6.45, 7) is 4.39. The molecule has 0 aromatic carbocycles. The minimum Gasteiger partial charge on any atom is -0.481 e. The molecule has 112 valence electrons. The van der Waals surface area contributed by atoms with Gasteiger partial charge in [0.1, 0.15) is 11.5 Å². The van der Waals surface area contributed by atoms with Crippen molar-refractivity contribution in [3.63, 3.8) is 0 Å². The number of carbonyl (C=O) groups is 2. The molecule has 0 aliphatic carbocycles. The van der Waals surface area contributed by atoms with E-state index < -0.39 is 5.97 Å². The molecule has 0 radical (unpaired) electrons. The van der Waals surface area contributed by atoms with E-state index >= 15 is 0 Å². The van der Waals surface area contributed by atoms with Gasteiger partial charge in [0.25, 0.3) is 0 Å². The van der Waals surface area contributed by atoms with Gasteiger partial charge in [-0.25, -0.2) is 4.79 Å². The first kappa shape index (κ1) is 16.1. The summed E-state index contributed by atoms with van der Waals surface area (Å²) in [7, 11) is 1.69. The van der Waals surface area contributed by atoms with E-state index in [0.29, 0.717) is 25.9 Å². The molecule has 0 fully saturated rings. The number of nitrogens with one attached hydrogen (secondary N) is 1. The van der Waals surface area contributed by atoms with E-state index in [-0.39, 0.29) is 11.9 Å². The molecule has 0 saturated heterocycles. The summed E-state index contributed by atoms with van der Waals surface area (Å²) in [5.41, 5.74) is 0. The van der Waals surface area contributed by atoms with Crippen LogP contribution in [0.4, 0.5) is 4.79 Å². The molecule has 0 spiro atoms. The van der Waals surface area contributed by atoms with Crippen molar-refractivity contribution in [1.82, 2.24) is 10.2 Å². The van der Waals surface area contributed by atoms with Crippen LogP contribution in [0, 0.1) is 12.8 Å². The fourth-order valence-corrected chi connectivity index (χ4v) is 1.74. The lowest BCUT2D eigenvalue weighted by Gasteiger charge is -2.16. The molecular formula is C14H22N2O4. The Morgan fingerprint density at radius 1 is 1.45 bits per heavy atom. The van der Waals surface area contributed by atoms with Gasteiger partial charge >= 0.3 is 12.0 Å². The zero-order valence-electron chi connectivity index (χ0n) is 12.2. The van der Waals surface area contributed by atoms with Gasteiger partial charge in [-0.05, 0) is 31.9 Å². The standard InChI is InChI=1S/C14H22N2O4/c1-10(13(17)18)5-4-8-15-14(19)16(3)9-12-7-6-11(2)20-12/h6-7,10H,4-5,8-9H2,1-3H3,(H,15,19)(H,17,18). The molecule has 0 saturated carbocycles. The van der Waals surface area contributed by atoms with Crippen molar-refractivity contribution in [2.45, 2.75) is 33.2 Å². The highest BCUT2D eigenvalue weighted by Crippen LogP contribution is 2.09. The average molecular weight is 282 g/mol. The zero-order valence-corrected chi connectivity index (χ0v) is 12.2. The Hall–Kier alpha value is -1.98. The predicted molar refractivity (Wildman–Crippen MR) is 74.3 cm³/mol. The molecular weight excluding hydrogens is 260 g/mol. The predicted octanol–water partition coefficient (Wildman–Crippen LogP) is 2.23. The van der Waals surface area contributed by atoms with Crippen LogP contribution < -0.4 is 5.32 Å². The Morgan fingerprint density at radius 2 is 2.15 bits per heavy atom. The van der Waals surface area contributed by atoms with Crippen LogP contribution >= 0.6 is 0 Å². The molecule has 1 aromatic heterocycles. The van der Waals surface area contributed by atoms with E-state index in [9.17, 15) is 9.59 Å². The van der Waals surface area contributed by atoms with E-state index in [4.69, 9.17) is 9.52 Å². The lowest BCUT2D eigenvalue weighted by Crippen LogP contribution is -2.37. The molecule has 6 nitrogen and oxygen atoms in total. The highest BCUT2D eigenvalue weighted by atomic mass is 16.4. The summed E-state index contributed by atoms with van der Waals surface area (Å²) in [6, 6.07) is 3.50. The maximum absolute atomic E-state index is 11.8. The highest BCUT2D eigenvalue weighted by Gasteiger charge is 2.12. The van der Waals surface area contributed by atoms with Gasteiger partial charge in [-0.15, -0.1) is 0 Å². The third-order valence-corrected chi connectivity index (χ3v) is 3.05. The topological polar surface area (TPSA) is 82.8 Å². The van der Waals surface area contributed by atoms with Crippen LogP contribution in [0.5, 0.6) is 0 Å². The number of hydrogen-bond donors (Lipinski definition) is 2. The van der Waals surface area contributed by atoms with Crippen LogP contribution in [0.25, 0.3) is 0 Å². The molecule has 6 heteroatoms. The van der Waals surface area contributed by atoms with E-state index in [1.807, 2.05) is 19.1 Å². The van der Waals surface area contributed by atoms with Crippen molar-refractivity contribution >= 4 is 12.0 Å². The fraction of sp³-hybridized carbons (Fsp3) is 0.571. The molecule has 1 unspecified atom stereocenters. The van der Waals surface area contributed by atoms with E-state index in [2.05, 4.69) is 5.32 Å². The quantitative estimate of drug-likeness (QED) is 0.751. The van der Waals surface area contributed by atoms with Gasteiger partial charge < -0.3 is 19.7 Å². The van der Waals surface area contributed by atoms with Crippen LogP contribution in [0.1, 0.15) is 31.3 Å². The fourth-order valence-electron chi connectivity index (χ4n) is 1.74. The van der Waals surface area contributed by atoms with E-state index in [1.165, 1.54) is 4.90 Å². The Bertz CT molecular complexity index is 456. The number of nitrogens with zero attached hydrogens (tertiary/aromatic N) is 1. The maximum Gasteiger partial charge on any atom is 0.317 e. The molecule has 2 amide bonds. The second kappa shape index (κ2) is 7.57. The van der Waals surface area contributed by atoms with Crippen LogP contribution in [0.2, 0.25) is 0 Å². The molecule has 1 aromatic rings. The van der Waals surface area contributed by atoms with Crippen LogP contribution in [0.3, 0.4) is 0 Å². The van der Waals surface area contributed by atoms with Gasteiger partial charge in [-0.3, -0.25) is 4.79 Å². The number of aliphatic carboxylic acids is 1. The van der Waals surface area contributed by atoms with Gasteiger partial charge in [0.2, 0.25) is 0 Å². The van der Waals surface area contributed by atoms with E-state index in [0.717, 1.165) is 11.5 Å². The number of amides is 2. The number of carbonyl (C=O) groups excluding carboxylic acids is 1. The van der Waals surface area contributed by atoms with Crippen molar-refractivity contribution in [2.24, 2.45) is 5.92 Å². The van der Waals surface area contributed by atoms with Crippen molar-refractivity contribution in [3.8, 4) is 0 Å². The Kier molecular flexibility index (Phi) is 6.09. The first-order valence-electron chi connectivity index (χ1n) is 6.67. The SMILES string of the molecule is Cc1ccc(CN(C)C(=O)NCCCC(C)C(=O)O)o1. The Labute approximate surface area is 118 Å². The molecule has 2 N–H and O–H groups in total. The zero-order chi connectivity index (χ0) is 15.1. The average Bonchev–Trinajstić information content (AvgIpc) is 2.79. The first-order chi connectivity index (χ1) is 9.40. The van der Waals surface area contributed by atoms with Crippen LogP contribution in [-0.4, -0.2) is 35.6 Å². The summed E-state index contributed by atoms with van der Waals surface area (Å²) >= 11 is 0. The highest BCUT2D eigenvalue weighted by molar-refractivity contribution is 5.73. The van der Waals surface area contributed by atoms with Crippen molar-refractivity contribution in [1.29, 1.82) is 0 Å². The number of carboxylic acid groups (broad SMARTS) is 1. The number of furan rings is 1. The minimum absolute atomic E-state index is 0.193. The normalized spacial score (nSPS) is 11.9. The smallest absolute Gasteiger partial charge is 0.317 e. The largest absolute Gasteiger partial charge is 0.481 e. The van der Waals surface area contributed by atoms with Crippen LogP contribution in [0.15, 0.2) is 16.5 Å². The van der Waals surface area contributed by atoms with Gasteiger partial charge in [0.15, 0.2) is 0 Å². The third kappa shape index (κ3) is 5.34. The van der Waals surface area contributed by atoms with Crippen molar-refractivity contribution < 1.29 is 19.1 Å². The first-order valence-corrected chi connectivity index (χ1v) is 6.67. The number of rotatable bonds is 7. The van der Waals surface area contributed by atoms with Gasteiger partial charge in [0, 0.05) is 13.6 Å². The summed E-state index contributed by atoms with van der Waals surface area (Å²) in [6.07, 6.45) is 1.20.